The lowest BCUT2D eigenvalue weighted by molar-refractivity contribution is -0.131. The van der Waals surface area contributed by atoms with E-state index in [9.17, 15) is 9.18 Å². The van der Waals surface area contributed by atoms with Gasteiger partial charge in [-0.3, -0.25) is 4.79 Å². The number of nitrogens with two attached hydrogens (primary N) is 1. The summed E-state index contributed by atoms with van der Waals surface area (Å²) >= 11 is 0. The number of halogens is 1. The van der Waals surface area contributed by atoms with E-state index < -0.39 is 5.82 Å². The second kappa shape index (κ2) is 11.0. The Bertz CT molecular complexity index is 1130. The highest BCUT2D eigenvalue weighted by Crippen LogP contribution is 2.30. The minimum atomic E-state index is -0.489. The van der Waals surface area contributed by atoms with Crippen molar-refractivity contribution in [3.63, 3.8) is 0 Å². The molecule has 2 aromatic heterocycles. The van der Waals surface area contributed by atoms with Crippen molar-refractivity contribution >= 4 is 28.4 Å². The number of carbonyl (C=O) groups is 1. The molecule has 1 fully saturated rings. The number of carbonyl (C=O) groups excluding carboxylic acids is 1. The third kappa shape index (κ3) is 5.25. The quantitative estimate of drug-likeness (QED) is 0.450. The van der Waals surface area contributed by atoms with E-state index >= 15 is 0 Å². The molecule has 9 heteroatoms. The highest BCUT2D eigenvalue weighted by atomic mass is 19.1. The Kier molecular flexibility index (Phi) is 8.37. The van der Waals surface area contributed by atoms with E-state index in [0.29, 0.717) is 28.8 Å². The van der Waals surface area contributed by atoms with Crippen molar-refractivity contribution in [1.29, 1.82) is 0 Å². The molecular formula is C23H27FN6O2. The molecule has 0 bridgehead atoms. The number of hydrogen-bond acceptors (Lipinski definition) is 6. The predicted molar refractivity (Wildman–Crippen MR) is 122 cm³/mol. The molecule has 0 atom stereocenters. The Morgan fingerprint density at radius 3 is 2.56 bits per heavy atom. The summed E-state index contributed by atoms with van der Waals surface area (Å²) in [7, 11) is 3.25. The maximum atomic E-state index is 14.1. The number of rotatable bonds is 7. The fourth-order valence-corrected chi connectivity index (χ4v) is 3.32. The number of ether oxygens (including phenoxy) is 1. The van der Waals surface area contributed by atoms with Crippen molar-refractivity contribution in [1.82, 2.24) is 24.5 Å². The smallest absolute Gasteiger partial charge is 0.225 e. The van der Waals surface area contributed by atoms with Crippen LogP contribution in [0.1, 0.15) is 31.5 Å². The van der Waals surface area contributed by atoms with Gasteiger partial charge in [0.2, 0.25) is 11.9 Å². The monoisotopic (exact) mass is 438 g/mol. The normalized spacial score (nSPS) is 12.3. The van der Waals surface area contributed by atoms with Crippen LogP contribution in [0.15, 0.2) is 12.1 Å². The molecule has 2 N–H and O–H groups in total. The Morgan fingerprint density at radius 2 is 1.94 bits per heavy atom. The number of methoxy groups -OCH3 is 1. The van der Waals surface area contributed by atoms with Crippen molar-refractivity contribution < 1.29 is 13.9 Å². The summed E-state index contributed by atoms with van der Waals surface area (Å²) < 4.78 is 20.6. The Hall–Kier alpha value is -3.85. The second-order valence-electron chi connectivity index (χ2n) is 7.23. The predicted octanol–water partition coefficient (Wildman–Crippen LogP) is 2.70. The molecule has 168 valence electrons. The number of anilines is 1. The van der Waals surface area contributed by atoms with Crippen LogP contribution in [-0.2, 0) is 11.2 Å². The Balaban J connectivity index is 0.000000860. The zero-order valence-corrected chi connectivity index (χ0v) is 18.3. The maximum Gasteiger partial charge on any atom is 0.225 e. The molecule has 32 heavy (non-hydrogen) atoms. The van der Waals surface area contributed by atoms with Gasteiger partial charge in [0.15, 0.2) is 23.0 Å². The zero-order valence-electron chi connectivity index (χ0n) is 18.3. The molecule has 1 saturated carbocycles. The molecule has 3 aromatic rings. The van der Waals surface area contributed by atoms with Gasteiger partial charge in [-0.2, -0.15) is 4.52 Å². The average molecular weight is 439 g/mol. The van der Waals surface area contributed by atoms with Crippen LogP contribution < -0.4 is 10.5 Å². The first-order chi connectivity index (χ1) is 15.5. The minimum Gasteiger partial charge on any atom is -0.494 e. The molecule has 0 radical (unpaired) electrons. The molecule has 1 aromatic carbocycles. The Labute approximate surface area is 187 Å². The van der Waals surface area contributed by atoms with Crippen molar-refractivity contribution in [2.75, 3.05) is 26.4 Å². The zero-order chi connectivity index (χ0) is 23.8. The van der Waals surface area contributed by atoms with Crippen LogP contribution in [-0.4, -0.2) is 51.1 Å². The van der Waals surface area contributed by atoms with Gasteiger partial charge in [0.25, 0.3) is 0 Å². The van der Waals surface area contributed by atoms with Crippen LogP contribution in [0.4, 0.5) is 10.3 Å². The van der Waals surface area contributed by atoms with E-state index in [1.54, 1.807) is 4.90 Å². The van der Waals surface area contributed by atoms with Crippen LogP contribution in [0.3, 0.4) is 0 Å². The molecule has 1 aliphatic rings. The molecule has 1 aliphatic carbocycles. The molecule has 0 spiro atoms. The minimum absolute atomic E-state index is 0.105. The molecule has 0 saturated heterocycles. The lowest BCUT2D eigenvalue weighted by Crippen LogP contribution is -2.29. The summed E-state index contributed by atoms with van der Waals surface area (Å²) in [4.78, 5) is 22.6. The van der Waals surface area contributed by atoms with Crippen molar-refractivity contribution in [3.05, 3.63) is 23.8 Å². The largest absolute Gasteiger partial charge is 0.494 e. The summed E-state index contributed by atoms with van der Waals surface area (Å²) in [5, 5.41) is 4.94. The van der Waals surface area contributed by atoms with Crippen LogP contribution >= 0.6 is 0 Å². The van der Waals surface area contributed by atoms with Gasteiger partial charge in [0.05, 0.1) is 12.6 Å². The van der Waals surface area contributed by atoms with E-state index in [1.807, 2.05) is 7.05 Å². The Morgan fingerprint density at radius 1 is 1.25 bits per heavy atom. The highest BCUT2D eigenvalue weighted by molar-refractivity contribution is 5.93. The lowest BCUT2D eigenvalue weighted by atomic mass is 10.2. The van der Waals surface area contributed by atoms with E-state index in [-0.39, 0.29) is 23.5 Å². The fraction of sp³-hybridized carbons (Fsp3) is 0.391. The number of fused-ring (bicyclic) bond motifs is 3. The van der Waals surface area contributed by atoms with Crippen LogP contribution in [0, 0.1) is 37.4 Å². The first-order valence-corrected chi connectivity index (χ1v) is 10.1. The summed E-state index contributed by atoms with van der Waals surface area (Å²) in [5.74, 6) is 0.907. The van der Waals surface area contributed by atoms with Crippen molar-refractivity contribution in [3.8, 4) is 31.4 Å². The van der Waals surface area contributed by atoms with Crippen molar-refractivity contribution in [2.24, 2.45) is 5.92 Å². The van der Waals surface area contributed by atoms with Gasteiger partial charge in [-0.15, -0.1) is 30.8 Å². The number of aryl methyl sites for hydroxylation is 1. The standard InChI is InChI=1S/C19H23FN6O2.2C2H2/c1-25(18(27)11-6-7-11)8-4-3-5-16-23-17-12-9-13(20)15(28-2)10-14(12)22-19(21)26(17)24-16;2*1-2/h9-11H,3-8H2,1-2H3,(H2,21,22);2*1-2H. The van der Waals surface area contributed by atoms with E-state index in [2.05, 4.69) is 40.8 Å². The number of amides is 1. The van der Waals surface area contributed by atoms with E-state index in [0.717, 1.165) is 32.2 Å². The first-order valence-electron chi connectivity index (χ1n) is 10.1. The highest BCUT2D eigenvalue weighted by Gasteiger charge is 2.31. The van der Waals surface area contributed by atoms with E-state index in [1.165, 1.54) is 23.8 Å². The number of nitrogen functional groups attached to an aromatic ring is 1. The first kappa shape index (κ1) is 24.4. The maximum absolute atomic E-state index is 14.1. The second-order valence-corrected chi connectivity index (χ2v) is 7.23. The summed E-state index contributed by atoms with van der Waals surface area (Å²) in [6, 6.07) is 2.84. The SMILES string of the molecule is C#C.C#C.COc1cc2nc(N)n3nc(CCCCN(C)C(=O)C4CC4)nc3c2cc1F. The van der Waals surface area contributed by atoms with Gasteiger partial charge in [-0.25, -0.2) is 14.4 Å². The summed E-state index contributed by atoms with van der Waals surface area (Å²) in [5.41, 5.74) is 6.97. The topological polar surface area (TPSA) is 98.6 Å². The third-order valence-corrected chi connectivity index (χ3v) is 5.06. The number of aromatic nitrogens is 4. The number of nitrogens with zero attached hydrogens (tertiary/aromatic N) is 5. The third-order valence-electron chi connectivity index (χ3n) is 5.06. The van der Waals surface area contributed by atoms with Gasteiger partial charge in [0, 0.05) is 37.4 Å². The number of unbranched alkanes of at least 4 members (excludes halogenated alkanes) is 1. The molecule has 8 nitrogen and oxygen atoms in total. The molecule has 0 aliphatic heterocycles. The van der Waals surface area contributed by atoms with Crippen LogP contribution in [0.5, 0.6) is 5.75 Å². The summed E-state index contributed by atoms with van der Waals surface area (Å²) in [6.45, 7) is 0.723. The number of hydrogen-bond donors (Lipinski definition) is 1. The summed E-state index contributed by atoms with van der Waals surface area (Å²) in [6.07, 6.45) is 20.4. The van der Waals surface area contributed by atoms with Crippen LogP contribution in [0.2, 0.25) is 0 Å². The molecule has 1 amide bonds. The lowest BCUT2D eigenvalue weighted by Gasteiger charge is -2.16. The van der Waals surface area contributed by atoms with Gasteiger partial charge in [-0.05, 0) is 31.7 Å². The average Bonchev–Trinajstić information content (AvgIpc) is 3.58. The van der Waals surface area contributed by atoms with Crippen LogP contribution in [0.25, 0.3) is 16.6 Å². The van der Waals surface area contributed by atoms with E-state index in [4.69, 9.17) is 10.5 Å². The number of benzene rings is 1. The van der Waals surface area contributed by atoms with Crippen molar-refractivity contribution in [2.45, 2.75) is 32.1 Å². The fourth-order valence-electron chi connectivity index (χ4n) is 3.32. The molecule has 4 rings (SSSR count). The molecule has 2 heterocycles. The van der Waals surface area contributed by atoms with Gasteiger partial charge in [0.1, 0.15) is 0 Å². The van der Waals surface area contributed by atoms with Gasteiger partial charge in [-0.1, -0.05) is 0 Å². The van der Waals surface area contributed by atoms with Gasteiger partial charge < -0.3 is 15.4 Å². The molecular weight excluding hydrogens is 411 g/mol. The van der Waals surface area contributed by atoms with Gasteiger partial charge >= 0.3 is 0 Å². The number of terminal acetylenes is 2. The molecule has 0 unspecified atom stereocenters.